The number of hydrogen-bond acceptors (Lipinski definition) is 0. The molecule has 0 spiro atoms. The molecule has 0 amide bonds. The van der Waals surface area contributed by atoms with Gasteiger partial charge in [-0.1, -0.05) is 20.8 Å². The molecule has 2 bridgehead atoms. The number of piperidine rings is 1. The monoisotopic (exact) mass is 330 g/mol. The van der Waals surface area contributed by atoms with Gasteiger partial charge in [-0.25, -0.2) is 0 Å². The van der Waals surface area contributed by atoms with Crippen LogP contribution in [0.1, 0.15) is 39.2 Å². The third-order valence-electron chi connectivity index (χ3n) is 6.27. The van der Waals surface area contributed by atoms with Crippen molar-refractivity contribution in [3.8, 4) is 0 Å². The first-order chi connectivity index (χ1) is 8.91. The number of benzene rings is 1. The molecule has 2 fully saturated rings. The van der Waals surface area contributed by atoms with E-state index < -0.39 is 0 Å². The van der Waals surface area contributed by atoms with Gasteiger partial charge >= 0.3 is 0 Å². The Kier molecular flexibility index (Phi) is 5.77. The quantitative estimate of drug-likeness (QED) is 0.547. The summed E-state index contributed by atoms with van der Waals surface area (Å²) in [6.07, 6.45) is 2.86. The van der Waals surface area contributed by atoms with Crippen molar-refractivity contribution in [3.05, 3.63) is 29.8 Å². The van der Waals surface area contributed by atoms with Crippen LogP contribution in [0, 0.1) is 16.7 Å². The molecule has 4 N–H and O–H groups in total. The number of quaternary nitrogens is 2. The Bertz CT molecular complexity index is 472. The molecular weight excluding hydrogens is 303 g/mol. The molecule has 0 radical (unpaired) electrons. The van der Waals surface area contributed by atoms with Gasteiger partial charge in [-0.15, -0.1) is 0 Å². The molecule has 3 atom stereocenters. The maximum atomic E-state index is 3.97. The van der Waals surface area contributed by atoms with Crippen LogP contribution in [0.15, 0.2) is 24.3 Å². The number of hydrogen-bond donors (Lipinski definition) is 2. The molecule has 120 valence electrons. The summed E-state index contributed by atoms with van der Waals surface area (Å²) < 4.78 is 0. The van der Waals surface area contributed by atoms with Gasteiger partial charge in [-0.2, -0.15) is 0 Å². The second-order valence-corrected chi connectivity index (χ2v) is 7.64. The highest BCUT2D eigenvalue weighted by molar-refractivity contribution is 5.30. The van der Waals surface area contributed by atoms with E-state index in [0.717, 1.165) is 11.6 Å². The number of halogens is 2. The maximum absolute atomic E-state index is 3.97. The summed E-state index contributed by atoms with van der Waals surface area (Å²) in [6.45, 7) is 11.4. The predicted molar refractivity (Wildman–Crippen MR) is 78.0 cm³/mol. The van der Waals surface area contributed by atoms with E-state index in [1.165, 1.54) is 38.0 Å². The first-order valence-corrected chi connectivity index (χ1v) is 7.65. The van der Waals surface area contributed by atoms with Crippen molar-refractivity contribution in [3.63, 3.8) is 0 Å². The van der Waals surface area contributed by atoms with Gasteiger partial charge in [0.2, 0.25) is 0 Å². The van der Waals surface area contributed by atoms with E-state index in [-0.39, 0.29) is 24.8 Å². The second-order valence-electron chi connectivity index (χ2n) is 7.64. The Morgan fingerprint density at radius 3 is 2.33 bits per heavy atom. The average molecular weight is 331 g/mol. The first-order valence-electron chi connectivity index (χ1n) is 7.65. The predicted octanol–water partition coefficient (Wildman–Crippen LogP) is -4.59. The topological polar surface area (TPSA) is 32.1 Å². The van der Waals surface area contributed by atoms with E-state index in [1.54, 1.807) is 4.90 Å². The summed E-state index contributed by atoms with van der Waals surface area (Å²) in [5.74, 6) is 0.911. The summed E-state index contributed by atoms with van der Waals surface area (Å²) in [5, 5.41) is 0. The molecule has 2 nitrogen and oxygen atoms in total. The molecule has 1 aliphatic carbocycles. The van der Waals surface area contributed by atoms with E-state index in [2.05, 4.69) is 50.8 Å². The Hall–Kier alpha value is -0.280. The smallest absolute Gasteiger partial charge is 0.127 e. The highest BCUT2D eigenvalue weighted by Gasteiger charge is 2.57. The molecule has 0 aromatic heterocycles. The standard InChI is InChI=1S/C17H26N2.2ClH/c1-16(2)14-8-9-17(16,3)12-19(11-14)10-13-4-6-15(18)7-5-13;;/h4-7,14H,8-12,18H2,1-3H3;2*1H. The lowest BCUT2D eigenvalue weighted by molar-refractivity contribution is -0.931. The van der Waals surface area contributed by atoms with Crippen LogP contribution in [-0.2, 0) is 6.54 Å². The second kappa shape index (κ2) is 6.45. The lowest BCUT2D eigenvalue weighted by Crippen LogP contribution is -3.14. The molecule has 3 unspecified atom stereocenters. The molecule has 4 heteroatoms. The third kappa shape index (κ3) is 3.24. The number of rotatable bonds is 2. The SMILES string of the molecule is CC12CCC(C[NH+](Cc3ccc([NH3+])cc3)C1)C2(C)C.[Cl-].[Cl-]. The fourth-order valence-electron chi connectivity index (χ4n) is 4.39. The van der Waals surface area contributed by atoms with E-state index in [0.29, 0.717) is 10.8 Å². The maximum Gasteiger partial charge on any atom is 0.127 e. The molecule has 1 aromatic rings. The molecule has 3 rings (SSSR count). The number of likely N-dealkylation sites (tertiary alicyclic amines) is 1. The van der Waals surface area contributed by atoms with Crippen LogP contribution < -0.4 is 35.4 Å². The molecular formula is C17H28Cl2N2. The van der Waals surface area contributed by atoms with Gasteiger partial charge in [0.05, 0.1) is 13.1 Å². The van der Waals surface area contributed by atoms with Crippen LogP contribution in [-0.4, -0.2) is 13.1 Å². The minimum Gasteiger partial charge on any atom is -1.00 e. The van der Waals surface area contributed by atoms with Gasteiger partial charge in [0.25, 0.3) is 0 Å². The zero-order valence-electron chi connectivity index (χ0n) is 13.4. The highest BCUT2D eigenvalue weighted by Crippen LogP contribution is 2.56. The highest BCUT2D eigenvalue weighted by atomic mass is 35.5. The molecule has 1 aliphatic heterocycles. The number of fused-ring (bicyclic) bond motifs is 2. The van der Waals surface area contributed by atoms with E-state index in [4.69, 9.17) is 0 Å². The molecule has 1 heterocycles. The van der Waals surface area contributed by atoms with Crippen LogP contribution >= 0.6 is 0 Å². The van der Waals surface area contributed by atoms with Crippen molar-refractivity contribution < 1.29 is 35.4 Å². The van der Waals surface area contributed by atoms with Crippen molar-refractivity contribution in [1.29, 1.82) is 0 Å². The van der Waals surface area contributed by atoms with Crippen molar-refractivity contribution in [2.24, 2.45) is 16.7 Å². The van der Waals surface area contributed by atoms with Gasteiger partial charge in [-0.3, -0.25) is 0 Å². The van der Waals surface area contributed by atoms with Gasteiger partial charge < -0.3 is 35.4 Å². The summed E-state index contributed by atoms with van der Waals surface area (Å²) in [6, 6.07) is 8.77. The Labute approximate surface area is 141 Å². The van der Waals surface area contributed by atoms with Gasteiger partial charge in [0.1, 0.15) is 12.2 Å². The van der Waals surface area contributed by atoms with Gasteiger partial charge in [-0.05, 0) is 42.5 Å². The van der Waals surface area contributed by atoms with Crippen LogP contribution in [0.5, 0.6) is 0 Å². The molecule has 1 saturated heterocycles. The van der Waals surface area contributed by atoms with E-state index >= 15 is 0 Å². The van der Waals surface area contributed by atoms with Crippen molar-refractivity contribution >= 4 is 5.69 Å². The Balaban J connectivity index is 0.00000110. The summed E-state index contributed by atoms with van der Waals surface area (Å²) in [4.78, 5) is 1.78. The lowest BCUT2D eigenvalue weighted by Gasteiger charge is -2.48. The largest absolute Gasteiger partial charge is 1.00 e. The summed E-state index contributed by atoms with van der Waals surface area (Å²) >= 11 is 0. The normalized spacial score (nSPS) is 33.0. The summed E-state index contributed by atoms with van der Waals surface area (Å²) in [7, 11) is 0. The van der Waals surface area contributed by atoms with E-state index in [9.17, 15) is 0 Å². The van der Waals surface area contributed by atoms with Gasteiger partial charge in [0, 0.05) is 16.9 Å². The molecule has 1 aromatic carbocycles. The summed E-state index contributed by atoms with van der Waals surface area (Å²) in [5.41, 5.74) is 7.62. The minimum atomic E-state index is 0. The minimum absolute atomic E-state index is 0. The Morgan fingerprint density at radius 2 is 1.76 bits per heavy atom. The third-order valence-corrected chi connectivity index (χ3v) is 6.27. The van der Waals surface area contributed by atoms with Crippen LogP contribution in [0.4, 0.5) is 5.69 Å². The van der Waals surface area contributed by atoms with Crippen LogP contribution in [0.2, 0.25) is 0 Å². The molecule has 21 heavy (non-hydrogen) atoms. The average Bonchev–Trinajstić information content (AvgIpc) is 2.51. The Morgan fingerprint density at radius 1 is 1.14 bits per heavy atom. The van der Waals surface area contributed by atoms with Crippen LogP contribution in [0.3, 0.4) is 0 Å². The van der Waals surface area contributed by atoms with Crippen molar-refractivity contribution in [1.82, 2.24) is 0 Å². The first kappa shape index (κ1) is 18.8. The number of nitrogens with one attached hydrogen (secondary N) is 1. The van der Waals surface area contributed by atoms with Crippen LogP contribution in [0.25, 0.3) is 0 Å². The fraction of sp³-hybridized carbons (Fsp3) is 0.647. The molecule has 1 saturated carbocycles. The van der Waals surface area contributed by atoms with E-state index in [1.807, 2.05) is 0 Å². The fourth-order valence-corrected chi connectivity index (χ4v) is 4.39. The van der Waals surface area contributed by atoms with Crippen molar-refractivity contribution in [2.45, 2.75) is 40.2 Å². The van der Waals surface area contributed by atoms with Gasteiger partial charge in [0.15, 0.2) is 0 Å². The zero-order chi connectivity index (χ0) is 13.7. The lowest BCUT2D eigenvalue weighted by atomic mass is 9.63. The molecule has 2 aliphatic rings. The zero-order valence-corrected chi connectivity index (χ0v) is 14.9. The van der Waals surface area contributed by atoms with Crippen molar-refractivity contribution in [2.75, 3.05) is 13.1 Å².